The average molecular weight is 514 g/mol. The summed E-state index contributed by atoms with van der Waals surface area (Å²) < 4.78 is 7.88. The molecule has 0 bridgehead atoms. The first-order valence-corrected chi connectivity index (χ1v) is 12.9. The number of benzene rings is 2. The minimum Gasteiger partial charge on any atom is -0.486 e. The molecule has 1 amide bonds. The summed E-state index contributed by atoms with van der Waals surface area (Å²) in [4.78, 5) is 17.0. The lowest BCUT2D eigenvalue weighted by Crippen LogP contribution is -2.14. The van der Waals surface area contributed by atoms with E-state index in [4.69, 9.17) is 16.3 Å². The van der Waals surface area contributed by atoms with E-state index in [1.165, 1.54) is 23.1 Å². The molecule has 10 heteroatoms. The van der Waals surface area contributed by atoms with Crippen molar-refractivity contribution in [2.45, 2.75) is 39.1 Å². The highest BCUT2D eigenvalue weighted by atomic mass is 35.5. The van der Waals surface area contributed by atoms with Gasteiger partial charge in [-0.05, 0) is 44.0 Å². The number of carbonyl (C=O) groups is 1. The number of aromatic nitrogens is 4. The maximum atomic E-state index is 12.5. The molecule has 0 unspecified atom stereocenters. The van der Waals surface area contributed by atoms with Crippen molar-refractivity contribution >= 4 is 45.7 Å². The van der Waals surface area contributed by atoms with Crippen molar-refractivity contribution in [2.75, 3.05) is 11.1 Å². The van der Waals surface area contributed by atoms with Crippen molar-refractivity contribution in [1.82, 2.24) is 19.7 Å². The van der Waals surface area contributed by atoms with Gasteiger partial charge in [0, 0.05) is 22.5 Å². The van der Waals surface area contributed by atoms with Crippen LogP contribution < -0.4 is 10.1 Å². The predicted octanol–water partition coefficient (Wildman–Crippen LogP) is 6.00. The van der Waals surface area contributed by atoms with Crippen molar-refractivity contribution in [3.63, 3.8) is 0 Å². The zero-order chi connectivity index (χ0) is 24.1. The monoisotopic (exact) mass is 513 g/mol. The summed E-state index contributed by atoms with van der Waals surface area (Å²) in [5, 5.41) is 15.3. The number of thiazole rings is 1. The van der Waals surface area contributed by atoms with Crippen LogP contribution in [0.25, 0.3) is 11.3 Å². The van der Waals surface area contributed by atoms with Gasteiger partial charge in [-0.2, -0.15) is 0 Å². The molecule has 176 valence electrons. The fraction of sp³-hybridized carbons (Fsp3) is 0.250. The van der Waals surface area contributed by atoms with Crippen LogP contribution >= 0.6 is 34.7 Å². The van der Waals surface area contributed by atoms with Crippen LogP contribution in [0.5, 0.6) is 5.75 Å². The van der Waals surface area contributed by atoms with Crippen LogP contribution in [0.4, 0.5) is 5.13 Å². The molecule has 0 aliphatic carbocycles. The molecule has 34 heavy (non-hydrogen) atoms. The van der Waals surface area contributed by atoms with Crippen molar-refractivity contribution in [3.05, 3.63) is 69.8 Å². The molecule has 0 spiro atoms. The number of ether oxygens (including phenoxy) is 1. The maximum Gasteiger partial charge on any atom is 0.236 e. The van der Waals surface area contributed by atoms with E-state index in [0.717, 1.165) is 33.2 Å². The Bertz CT molecular complexity index is 1270. The van der Waals surface area contributed by atoms with Crippen LogP contribution in [0.1, 0.15) is 23.9 Å². The first-order valence-electron chi connectivity index (χ1n) is 10.7. The van der Waals surface area contributed by atoms with Gasteiger partial charge in [0.2, 0.25) is 5.91 Å². The third-order valence-corrected chi connectivity index (χ3v) is 7.36. The van der Waals surface area contributed by atoms with E-state index >= 15 is 0 Å². The number of aryl methyl sites for hydroxylation is 2. The van der Waals surface area contributed by atoms with Gasteiger partial charge in [-0.3, -0.25) is 4.79 Å². The first-order chi connectivity index (χ1) is 16.4. The molecular weight excluding hydrogens is 490 g/mol. The van der Waals surface area contributed by atoms with Gasteiger partial charge in [-0.15, -0.1) is 21.5 Å². The molecule has 7 nitrogen and oxygen atoms in total. The van der Waals surface area contributed by atoms with E-state index < -0.39 is 0 Å². The number of anilines is 1. The van der Waals surface area contributed by atoms with Crippen LogP contribution in [0, 0.1) is 13.8 Å². The Labute approximate surface area is 211 Å². The number of nitrogens with one attached hydrogen (secondary N) is 1. The minimum atomic E-state index is -0.144. The molecular formula is C24H24ClN5O2S2. The topological polar surface area (TPSA) is 81.9 Å². The third-order valence-electron chi connectivity index (χ3n) is 5.04. The second-order valence-corrected chi connectivity index (χ2v) is 9.72. The molecule has 0 aliphatic heterocycles. The summed E-state index contributed by atoms with van der Waals surface area (Å²) in [5.41, 5.74) is 3.79. The van der Waals surface area contributed by atoms with Gasteiger partial charge in [0.05, 0.1) is 11.4 Å². The van der Waals surface area contributed by atoms with Crippen molar-refractivity contribution < 1.29 is 9.53 Å². The lowest BCUT2D eigenvalue weighted by Gasteiger charge is -2.11. The van der Waals surface area contributed by atoms with Crippen molar-refractivity contribution in [3.8, 4) is 17.0 Å². The lowest BCUT2D eigenvalue weighted by molar-refractivity contribution is -0.113. The summed E-state index contributed by atoms with van der Waals surface area (Å²) in [6, 6.07) is 13.7. The van der Waals surface area contributed by atoms with Crippen LogP contribution in [-0.4, -0.2) is 31.4 Å². The Morgan fingerprint density at radius 2 is 1.91 bits per heavy atom. The number of nitrogens with zero attached hydrogens (tertiary/aromatic N) is 4. The smallest absolute Gasteiger partial charge is 0.236 e. The van der Waals surface area contributed by atoms with Crippen LogP contribution in [-0.2, 0) is 17.9 Å². The summed E-state index contributed by atoms with van der Waals surface area (Å²) in [7, 11) is 0. The molecule has 0 fully saturated rings. The molecule has 4 aromatic rings. The number of hydrogen-bond donors (Lipinski definition) is 1. The standard InChI is InChI=1S/C24H24ClN5O2S2/c1-4-30-20(12-32-18-10-15(2)22(25)16(3)11-18)28-29-24(30)34-14-21(31)27-23-26-19(13-33-23)17-8-6-5-7-9-17/h5-11,13H,4,12,14H2,1-3H3,(H,26,27,31). The average Bonchev–Trinajstić information content (AvgIpc) is 3.46. The molecule has 0 saturated carbocycles. The lowest BCUT2D eigenvalue weighted by atomic mass is 10.1. The number of rotatable bonds is 9. The van der Waals surface area contributed by atoms with Crippen molar-refractivity contribution in [2.24, 2.45) is 0 Å². The van der Waals surface area contributed by atoms with Gasteiger partial charge in [-0.25, -0.2) is 4.98 Å². The SMILES string of the molecule is CCn1c(COc2cc(C)c(Cl)c(C)c2)nnc1SCC(=O)Nc1nc(-c2ccccc2)cs1. The molecule has 4 rings (SSSR count). The van der Waals surface area contributed by atoms with Crippen LogP contribution in [0.3, 0.4) is 0 Å². The fourth-order valence-corrected chi connectivity index (χ4v) is 5.01. The highest BCUT2D eigenvalue weighted by molar-refractivity contribution is 7.99. The zero-order valence-corrected chi connectivity index (χ0v) is 21.4. The Morgan fingerprint density at radius 1 is 1.18 bits per heavy atom. The first kappa shape index (κ1) is 24.3. The van der Waals surface area contributed by atoms with E-state index in [1.807, 2.05) is 73.2 Å². The maximum absolute atomic E-state index is 12.5. The minimum absolute atomic E-state index is 0.144. The molecule has 1 N–H and O–H groups in total. The Kier molecular flexibility index (Phi) is 7.87. The normalized spacial score (nSPS) is 10.9. The molecule has 0 atom stereocenters. The second kappa shape index (κ2) is 11.0. The molecule has 2 aromatic heterocycles. The quantitative estimate of drug-likeness (QED) is 0.276. The van der Waals surface area contributed by atoms with Crippen molar-refractivity contribution in [1.29, 1.82) is 0 Å². The van der Waals surface area contributed by atoms with Gasteiger partial charge in [-0.1, -0.05) is 53.7 Å². The Balaban J connectivity index is 1.34. The summed E-state index contributed by atoms with van der Waals surface area (Å²) >= 11 is 8.97. The highest BCUT2D eigenvalue weighted by Gasteiger charge is 2.15. The van der Waals surface area contributed by atoms with Gasteiger partial charge in [0.15, 0.2) is 16.1 Å². The van der Waals surface area contributed by atoms with Gasteiger partial charge in [0.25, 0.3) is 0 Å². The number of hydrogen-bond acceptors (Lipinski definition) is 7. The summed E-state index contributed by atoms with van der Waals surface area (Å²) in [5.74, 6) is 1.49. The number of halogens is 1. The Hall–Kier alpha value is -2.88. The number of carbonyl (C=O) groups excluding carboxylic acids is 1. The summed E-state index contributed by atoms with van der Waals surface area (Å²) in [6.45, 7) is 6.85. The van der Waals surface area contributed by atoms with Gasteiger partial charge in [0.1, 0.15) is 12.4 Å². The van der Waals surface area contributed by atoms with Crippen LogP contribution in [0.15, 0.2) is 53.0 Å². The van der Waals surface area contributed by atoms with E-state index in [2.05, 4.69) is 20.5 Å². The highest BCUT2D eigenvalue weighted by Crippen LogP contribution is 2.27. The molecule has 0 aliphatic rings. The van der Waals surface area contributed by atoms with E-state index in [-0.39, 0.29) is 18.3 Å². The van der Waals surface area contributed by atoms with Gasteiger partial charge >= 0.3 is 0 Å². The van der Waals surface area contributed by atoms with E-state index in [1.54, 1.807) is 0 Å². The molecule has 0 radical (unpaired) electrons. The predicted molar refractivity (Wildman–Crippen MR) is 138 cm³/mol. The van der Waals surface area contributed by atoms with E-state index in [0.29, 0.717) is 22.7 Å². The molecule has 2 aromatic carbocycles. The Morgan fingerprint density at radius 3 is 2.62 bits per heavy atom. The van der Waals surface area contributed by atoms with E-state index in [9.17, 15) is 4.79 Å². The number of amides is 1. The zero-order valence-electron chi connectivity index (χ0n) is 19.0. The molecule has 2 heterocycles. The summed E-state index contributed by atoms with van der Waals surface area (Å²) in [6.07, 6.45) is 0. The third kappa shape index (κ3) is 5.78. The molecule has 0 saturated heterocycles. The largest absolute Gasteiger partial charge is 0.486 e. The van der Waals surface area contributed by atoms with Crippen LogP contribution in [0.2, 0.25) is 5.02 Å². The number of thioether (sulfide) groups is 1. The van der Waals surface area contributed by atoms with Gasteiger partial charge < -0.3 is 14.6 Å². The fourth-order valence-electron chi connectivity index (χ4n) is 3.35. The second-order valence-electron chi connectivity index (χ2n) is 7.54.